The maximum atomic E-state index is 14.2. The van der Waals surface area contributed by atoms with Gasteiger partial charge in [0.15, 0.2) is 0 Å². The molecule has 1 aliphatic heterocycles. The van der Waals surface area contributed by atoms with E-state index in [-0.39, 0.29) is 11.6 Å². The van der Waals surface area contributed by atoms with Crippen LogP contribution in [0.5, 0.6) is 0 Å². The minimum absolute atomic E-state index is 0.260. The summed E-state index contributed by atoms with van der Waals surface area (Å²) in [6, 6.07) is 11.4. The number of rotatable bonds is 5. The number of hydrogen-bond acceptors (Lipinski definition) is 3. The average Bonchev–Trinajstić information content (AvgIpc) is 2.54. The molecule has 0 saturated heterocycles. The highest BCUT2D eigenvalue weighted by Gasteiger charge is 2.26. The molecule has 0 N–H and O–H groups in total. The van der Waals surface area contributed by atoms with Crippen molar-refractivity contribution in [3.05, 3.63) is 59.7 Å². The minimum Gasteiger partial charge on any atom is -0.268 e. The predicted octanol–water partition coefficient (Wildman–Crippen LogP) is 5.66. The van der Waals surface area contributed by atoms with Crippen LogP contribution in [0.4, 0.5) is 20.2 Å². The third kappa shape index (κ3) is 3.87. The fourth-order valence-corrected chi connectivity index (χ4v) is 4.09. The summed E-state index contributed by atoms with van der Waals surface area (Å²) in [4.78, 5) is 0. The van der Waals surface area contributed by atoms with Gasteiger partial charge in [0.25, 0.3) is 0 Å². The smallest absolute Gasteiger partial charge is 0.147 e. The second-order valence-corrected chi connectivity index (χ2v) is 7.20. The van der Waals surface area contributed by atoms with Crippen molar-refractivity contribution < 1.29 is 8.78 Å². The summed E-state index contributed by atoms with van der Waals surface area (Å²) in [5, 5.41) is 0.966. The minimum atomic E-state index is -0.280. The summed E-state index contributed by atoms with van der Waals surface area (Å²) in [5.41, 5.74) is 2.22. The highest BCUT2D eigenvalue weighted by Crippen LogP contribution is 2.42. The summed E-state index contributed by atoms with van der Waals surface area (Å²) in [5.74, 6) is -0.540. The SMILES string of the molecule is Fc1ccc2c(c1)CN(CCCCBr)SN2c1ccccc1F. The van der Waals surface area contributed by atoms with E-state index in [1.54, 1.807) is 24.3 Å². The van der Waals surface area contributed by atoms with Gasteiger partial charge < -0.3 is 0 Å². The molecule has 0 radical (unpaired) electrons. The lowest BCUT2D eigenvalue weighted by Gasteiger charge is -2.36. The molecular weight excluding hydrogens is 382 g/mol. The van der Waals surface area contributed by atoms with Crippen molar-refractivity contribution in [2.24, 2.45) is 0 Å². The van der Waals surface area contributed by atoms with Gasteiger partial charge in [0, 0.05) is 30.6 Å². The van der Waals surface area contributed by atoms with Gasteiger partial charge in [0.05, 0.1) is 11.4 Å². The zero-order valence-corrected chi connectivity index (χ0v) is 14.9. The molecular formula is C17H17BrF2N2S. The van der Waals surface area contributed by atoms with Gasteiger partial charge in [-0.2, -0.15) is 0 Å². The number of fused-ring (bicyclic) bond motifs is 1. The average molecular weight is 399 g/mol. The molecule has 0 spiro atoms. The number of alkyl halides is 1. The van der Waals surface area contributed by atoms with E-state index < -0.39 is 0 Å². The van der Waals surface area contributed by atoms with Crippen molar-refractivity contribution in [2.45, 2.75) is 19.4 Å². The second-order valence-electron chi connectivity index (χ2n) is 5.36. The van der Waals surface area contributed by atoms with Crippen LogP contribution >= 0.6 is 28.1 Å². The Labute approximate surface area is 147 Å². The fraction of sp³-hybridized carbons (Fsp3) is 0.294. The Morgan fingerprint density at radius 3 is 2.65 bits per heavy atom. The Bertz CT molecular complexity index is 683. The highest BCUT2D eigenvalue weighted by molar-refractivity contribution is 9.09. The molecule has 3 rings (SSSR count). The van der Waals surface area contributed by atoms with Crippen LogP contribution in [0, 0.1) is 11.6 Å². The standard InChI is InChI=1S/C17H17BrF2N2S/c18-9-3-4-10-21-12-13-11-14(19)7-8-16(13)22(23-21)17-6-2-1-5-15(17)20/h1-2,5-8,11H,3-4,9-10,12H2. The van der Waals surface area contributed by atoms with Crippen LogP contribution in [0.2, 0.25) is 0 Å². The molecule has 2 aromatic rings. The first-order valence-electron chi connectivity index (χ1n) is 7.51. The molecule has 0 unspecified atom stereocenters. The molecule has 122 valence electrons. The first kappa shape index (κ1) is 16.7. The van der Waals surface area contributed by atoms with Crippen molar-refractivity contribution >= 4 is 39.4 Å². The Balaban J connectivity index is 1.92. The summed E-state index contributed by atoms with van der Waals surface area (Å²) in [6.45, 7) is 1.53. The van der Waals surface area contributed by atoms with Crippen LogP contribution in [0.3, 0.4) is 0 Å². The summed E-state index contributed by atoms with van der Waals surface area (Å²) >= 11 is 4.92. The van der Waals surface area contributed by atoms with Gasteiger partial charge in [0.2, 0.25) is 0 Å². The monoisotopic (exact) mass is 398 g/mol. The third-order valence-corrected chi connectivity index (χ3v) is 5.33. The van der Waals surface area contributed by atoms with Gasteiger partial charge in [-0.25, -0.2) is 13.1 Å². The molecule has 1 aliphatic rings. The van der Waals surface area contributed by atoms with Crippen LogP contribution in [0.25, 0.3) is 0 Å². The number of benzene rings is 2. The quantitative estimate of drug-likeness (QED) is 0.364. The molecule has 0 fully saturated rings. The van der Waals surface area contributed by atoms with E-state index in [0.717, 1.165) is 36.0 Å². The van der Waals surface area contributed by atoms with Crippen LogP contribution in [0.1, 0.15) is 18.4 Å². The molecule has 0 saturated carbocycles. The van der Waals surface area contributed by atoms with Crippen molar-refractivity contribution in [1.82, 2.24) is 4.31 Å². The lowest BCUT2D eigenvalue weighted by Crippen LogP contribution is -2.29. The van der Waals surface area contributed by atoms with Crippen molar-refractivity contribution in [2.75, 3.05) is 16.2 Å². The number of nitrogens with zero attached hydrogens (tertiary/aromatic N) is 2. The van der Waals surface area contributed by atoms with Gasteiger partial charge >= 0.3 is 0 Å². The molecule has 6 heteroatoms. The van der Waals surface area contributed by atoms with Crippen molar-refractivity contribution in [3.8, 4) is 0 Å². The highest BCUT2D eigenvalue weighted by atomic mass is 79.9. The van der Waals surface area contributed by atoms with E-state index in [2.05, 4.69) is 20.2 Å². The van der Waals surface area contributed by atoms with E-state index in [1.165, 1.54) is 24.3 Å². The number of anilines is 2. The Hall–Kier alpha value is -1.11. The summed E-state index contributed by atoms with van der Waals surface area (Å²) < 4.78 is 31.8. The van der Waals surface area contributed by atoms with E-state index in [0.29, 0.717) is 12.2 Å². The zero-order valence-electron chi connectivity index (χ0n) is 12.5. The van der Waals surface area contributed by atoms with E-state index >= 15 is 0 Å². The Kier molecular flexibility index (Phi) is 5.56. The maximum absolute atomic E-state index is 14.2. The zero-order chi connectivity index (χ0) is 16.2. The number of unbranched alkanes of at least 4 members (excludes halogenated alkanes) is 1. The van der Waals surface area contributed by atoms with E-state index in [9.17, 15) is 8.78 Å². The van der Waals surface area contributed by atoms with Gasteiger partial charge in [-0.1, -0.05) is 28.1 Å². The number of halogens is 3. The molecule has 23 heavy (non-hydrogen) atoms. The molecule has 1 heterocycles. The maximum Gasteiger partial charge on any atom is 0.147 e. The molecule has 0 aliphatic carbocycles. The normalized spacial score (nSPS) is 14.8. The lowest BCUT2D eigenvalue weighted by atomic mass is 10.1. The second kappa shape index (κ2) is 7.64. The van der Waals surface area contributed by atoms with Crippen LogP contribution < -0.4 is 4.31 Å². The van der Waals surface area contributed by atoms with Crippen molar-refractivity contribution in [1.29, 1.82) is 0 Å². The van der Waals surface area contributed by atoms with E-state index in [4.69, 9.17) is 0 Å². The Morgan fingerprint density at radius 1 is 1.04 bits per heavy atom. The third-order valence-electron chi connectivity index (χ3n) is 3.67. The molecule has 2 aromatic carbocycles. The fourth-order valence-electron chi connectivity index (χ4n) is 2.55. The molecule has 0 aromatic heterocycles. The lowest BCUT2D eigenvalue weighted by molar-refractivity contribution is 0.447. The number of para-hydroxylation sites is 1. The van der Waals surface area contributed by atoms with Crippen LogP contribution in [-0.2, 0) is 6.54 Å². The van der Waals surface area contributed by atoms with Crippen molar-refractivity contribution in [3.63, 3.8) is 0 Å². The first-order chi connectivity index (χ1) is 11.2. The van der Waals surface area contributed by atoms with Gasteiger partial charge in [-0.3, -0.25) is 4.31 Å². The first-order valence-corrected chi connectivity index (χ1v) is 9.36. The van der Waals surface area contributed by atoms with Gasteiger partial charge in [-0.15, -0.1) is 0 Å². The summed E-state index contributed by atoms with van der Waals surface area (Å²) in [6.07, 6.45) is 2.11. The molecule has 2 nitrogen and oxygen atoms in total. The van der Waals surface area contributed by atoms with Crippen LogP contribution in [0.15, 0.2) is 42.5 Å². The molecule has 0 amide bonds. The topological polar surface area (TPSA) is 6.48 Å². The Morgan fingerprint density at radius 2 is 1.87 bits per heavy atom. The van der Waals surface area contributed by atoms with Gasteiger partial charge in [0.1, 0.15) is 11.6 Å². The molecule has 0 bridgehead atoms. The predicted molar refractivity (Wildman–Crippen MR) is 96.0 cm³/mol. The largest absolute Gasteiger partial charge is 0.268 e. The van der Waals surface area contributed by atoms with Crippen LogP contribution in [-0.4, -0.2) is 16.2 Å². The molecule has 0 atom stereocenters. The summed E-state index contributed by atoms with van der Waals surface area (Å²) in [7, 11) is 0. The van der Waals surface area contributed by atoms with E-state index in [1.807, 2.05) is 10.4 Å². The number of hydrogen-bond donors (Lipinski definition) is 0. The van der Waals surface area contributed by atoms with Gasteiger partial charge in [-0.05, 0) is 48.7 Å².